The molecule has 3 aromatic carbocycles. The van der Waals surface area contributed by atoms with Gasteiger partial charge >= 0.3 is 0 Å². The molecule has 0 radical (unpaired) electrons. The molecule has 0 N–H and O–H groups in total. The van der Waals surface area contributed by atoms with E-state index in [9.17, 15) is 4.79 Å². The highest BCUT2D eigenvalue weighted by Gasteiger charge is 2.34. The van der Waals surface area contributed by atoms with E-state index in [1.807, 2.05) is 24.3 Å². The number of hydrogen-bond donors (Lipinski definition) is 0. The van der Waals surface area contributed by atoms with E-state index in [0.29, 0.717) is 12.0 Å². The third-order valence-corrected chi connectivity index (χ3v) is 9.46. The molecule has 2 aliphatic heterocycles. The van der Waals surface area contributed by atoms with Gasteiger partial charge in [0.2, 0.25) is 0 Å². The highest BCUT2D eigenvalue weighted by atomic mass is 35.5. The number of carbonyl (C=O) groups is 1. The summed E-state index contributed by atoms with van der Waals surface area (Å²) < 4.78 is 0. The summed E-state index contributed by atoms with van der Waals surface area (Å²) in [6.07, 6.45) is 7.16. The van der Waals surface area contributed by atoms with Gasteiger partial charge in [0, 0.05) is 66.0 Å². The summed E-state index contributed by atoms with van der Waals surface area (Å²) in [6, 6.07) is 23.5. The third-order valence-electron chi connectivity index (χ3n) is 8.96. The van der Waals surface area contributed by atoms with Crippen molar-refractivity contribution in [3.63, 3.8) is 0 Å². The largest absolute Gasteiger partial charge is 0.369 e. The number of anilines is 1. The Labute approximate surface area is 242 Å². The second-order valence-electron chi connectivity index (χ2n) is 11.3. The van der Waals surface area contributed by atoms with Gasteiger partial charge in [-0.1, -0.05) is 72.8 Å². The van der Waals surface area contributed by atoms with Crippen molar-refractivity contribution in [1.82, 2.24) is 9.80 Å². The van der Waals surface area contributed by atoms with Crippen molar-refractivity contribution in [1.29, 1.82) is 0 Å². The van der Waals surface area contributed by atoms with Gasteiger partial charge in [-0.25, -0.2) is 0 Å². The van der Waals surface area contributed by atoms with Crippen LogP contribution in [-0.2, 0) is 6.54 Å². The van der Waals surface area contributed by atoms with Crippen LogP contribution in [-0.4, -0.2) is 54.5 Å². The molecule has 4 nitrogen and oxygen atoms in total. The first kappa shape index (κ1) is 26.7. The van der Waals surface area contributed by atoms with Gasteiger partial charge in [-0.15, -0.1) is 0 Å². The van der Waals surface area contributed by atoms with Gasteiger partial charge in [-0.2, -0.15) is 0 Å². The molecule has 204 valence electrons. The molecule has 6 rings (SSSR count). The van der Waals surface area contributed by atoms with Gasteiger partial charge in [-0.3, -0.25) is 9.69 Å². The summed E-state index contributed by atoms with van der Waals surface area (Å²) in [4.78, 5) is 20.4. The first-order valence-electron chi connectivity index (χ1n) is 14.5. The van der Waals surface area contributed by atoms with E-state index in [2.05, 4.69) is 57.2 Å². The first-order valence-corrected chi connectivity index (χ1v) is 15.2. The van der Waals surface area contributed by atoms with Crippen molar-refractivity contribution in [2.45, 2.75) is 57.0 Å². The number of amides is 1. The number of nitrogens with zero attached hydrogens (tertiary/aromatic N) is 3. The molecule has 3 aromatic rings. The second-order valence-corrected chi connectivity index (χ2v) is 12.2. The smallest absolute Gasteiger partial charge is 0.254 e. The zero-order valence-corrected chi connectivity index (χ0v) is 24.0. The summed E-state index contributed by atoms with van der Waals surface area (Å²) in [6.45, 7) is 5.82. The maximum absolute atomic E-state index is 13.3. The average Bonchev–Trinajstić information content (AvgIpc) is 3.31. The average molecular weight is 563 g/mol. The maximum atomic E-state index is 13.3. The molecule has 39 heavy (non-hydrogen) atoms. The van der Waals surface area contributed by atoms with Crippen molar-refractivity contribution in [2.24, 2.45) is 0 Å². The lowest BCUT2D eigenvalue weighted by Crippen LogP contribution is -2.46. The maximum Gasteiger partial charge on any atom is 0.254 e. The van der Waals surface area contributed by atoms with Crippen LogP contribution in [0, 0.1) is 0 Å². The molecule has 0 bridgehead atoms. The van der Waals surface area contributed by atoms with Crippen LogP contribution in [0.3, 0.4) is 0 Å². The highest BCUT2D eigenvalue weighted by Crippen LogP contribution is 2.34. The molecule has 0 unspecified atom stereocenters. The van der Waals surface area contributed by atoms with E-state index in [1.54, 1.807) is 0 Å². The minimum Gasteiger partial charge on any atom is -0.369 e. The minimum atomic E-state index is 0.243. The molecule has 6 heteroatoms. The van der Waals surface area contributed by atoms with Crippen LogP contribution in [0.4, 0.5) is 5.69 Å². The fraction of sp³-hybridized carbons (Fsp3) is 0.424. The van der Waals surface area contributed by atoms with E-state index in [-0.39, 0.29) is 5.91 Å². The summed E-state index contributed by atoms with van der Waals surface area (Å²) in [5.41, 5.74) is 5.88. The molecule has 0 spiro atoms. The lowest BCUT2D eigenvalue weighted by Gasteiger charge is -2.37. The van der Waals surface area contributed by atoms with Crippen LogP contribution in [0.5, 0.6) is 0 Å². The molecule has 2 fully saturated rings. The summed E-state index contributed by atoms with van der Waals surface area (Å²) in [7, 11) is 0. The SMILES string of the molecule is O=C1c2cc(N3CCN(CCC(c4ccc(Cl)cc4)c4ccc(Cl)cc4)CC3)ccc2CN1C1CCCCC1. The topological polar surface area (TPSA) is 26.8 Å². The van der Waals surface area contributed by atoms with Gasteiger partial charge in [0.05, 0.1) is 0 Å². The fourth-order valence-corrected chi connectivity index (χ4v) is 6.91. The van der Waals surface area contributed by atoms with E-state index in [4.69, 9.17) is 23.2 Å². The first-order chi connectivity index (χ1) is 19.0. The summed E-state index contributed by atoms with van der Waals surface area (Å²) >= 11 is 12.4. The van der Waals surface area contributed by atoms with E-state index < -0.39 is 0 Å². The van der Waals surface area contributed by atoms with Crippen LogP contribution in [0.1, 0.15) is 71.5 Å². The Balaban J connectivity index is 1.07. The lowest BCUT2D eigenvalue weighted by molar-refractivity contribution is 0.0660. The third kappa shape index (κ3) is 5.99. The zero-order valence-electron chi connectivity index (χ0n) is 22.5. The Kier molecular flexibility index (Phi) is 8.15. The van der Waals surface area contributed by atoms with E-state index in [1.165, 1.54) is 41.6 Å². The lowest BCUT2D eigenvalue weighted by atomic mass is 9.88. The molecular weight excluding hydrogens is 525 g/mol. The minimum absolute atomic E-state index is 0.243. The van der Waals surface area contributed by atoms with Crippen molar-refractivity contribution < 1.29 is 4.79 Å². The number of rotatable bonds is 7. The number of halogens is 2. The standard InChI is InChI=1S/C33H37Cl2N3O/c34-27-11-6-24(7-12-27)31(25-8-13-28(35)14-9-25)16-17-36-18-20-37(21-19-36)30-15-10-26-23-38(33(39)32(26)22-30)29-4-2-1-3-5-29/h6-15,22,29,31H,1-5,16-21,23H2. The van der Waals surface area contributed by atoms with Crippen LogP contribution in [0.25, 0.3) is 0 Å². The Morgan fingerprint density at radius 2 is 1.38 bits per heavy atom. The number of fused-ring (bicyclic) bond motifs is 1. The Hall–Kier alpha value is -2.53. The summed E-state index contributed by atoms with van der Waals surface area (Å²) in [5.74, 6) is 0.542. The van der Waals surface area contributed by atoms with E-state index in [0.717, 1.165) is 74.1 Å². The predicted octanol–water partition coefficient (Wildman–Crippen LogP) is 7.63. The van der Waals surface area contributed by atoms with Gasteiger partial charge in [0.1, 0.15) is 0 Å². The molecule has 0 atom stereocenters. The Morgan fingerprint density at radius 1 is 0.769 bits per heavy atom. The molecule has 2 heterocycles. The van der Waals surface area contributed by atoms with Crippen LogP contribution in [0.2, 0.25) is 10.0 Å². The Morgan fingerprint density at radius 3 is 2.00 bits per heavy atom. The predicted molar refractivity (Wildman–Crippen MR) is 161 cm³/mol. The monoisotopic (exact) mass is 561 g/mol. The molecule has 1 aliphatic carbocycles. The molecule has 0 aromatic heterocycles. The second kappa shape index (κ2) is 11.9. The molecule has 1 saturated carbocycles. The normalized spacial score (nSPS) is 18.7. The van der Waals surface area contributed by atoms with Crippen LogP contribution >= 0.6 is 23.2 Å². The van der Waals surface area contributed by atoms with Gasteiger partial charge in [-0.05, 0) is 78.9 Å². The Bertz CT molecular complexity index is 1230. The van der Waals surface area contributed by atoms with Crippen molar-refractivity contribution in [3.8, 4) is 0 Å². The molecular formula is C33H37Cl2N3O. The van der Waals surface area contributed by atoms with E-state index >= 15 is 0 Å². The van der Waals surface area contributed by atoms with Gasteiger partial charge < -0.3 is 9.80 Å². The number of benzene rings is 3. The number of piperazine rings is 1. The molecule has 1 saturated heterocycles. The van der Waals surface area contributed by atoms with Crippen molar-refractivity contribution >= 4 is 34.8 Å². The fourth-order valence-electron chi connectivity index (χ4n) is 6.65. The van der Waals surface area contributed by atoms with Crippen molar-refractivity contribution in [2.75, 3.05) is 37.6 Å². The van der Waals surface area contributed by atoms with Gasteiger partial charge in [0.25, 0.3) is 5.91 Å². The highest BCUT2D eigenvalue weighted by molar-refractivity contribution is 6.30. The molecule has 3 aliphatic rings. The van der Waals surface area contributed by atoms with Gasteiger partial charge in [0.15, 0.2) is 0 Å². The quantitative estimate of drug-likeness (QED) is 0.296. The molecule has 1 amide bonds. The zero-order chi connectivity index (χ0) is 26.8. The number of hydrogen-bond acceptors (Lipinski definition) is 3. The van der Waals surface area contributed by atoms with Crippen molar-refractivity contribution in [3.05, 3.63) is 99.0 Å². The number of carbonyl (C=O) groups excluding carboxylic acids is 1. The summed E-state index contributed by atoms with van der Waals surface area (Å²) in [5, 5.41) is 1.53. The van der Waals surface area contributed by atoms with Crippen LogP contribution in [0.15, 0.2) is 66.7 Å². The van der Waals surface area contributed by atoms with Crippen LogP contribution < -0.4 is 4.90 Å².